The number of hydrogen-bond acceptors (Lipinski definition) is 19. The molecule has 21 nitrogen and oxygen atoms in total. The van der Waals surface area contributed by atoms with Crippen LogP contribution in [0.1, 0.15) is 300 Å². The fourth-order valence-corrected chi connectivity index (χ4v) is 19.0. The summed E-state index contributed by atoms with van der Waals surface area (Å²) in [6, 6.07) is 1.17. The normalized spacial score (nSPS) is 22.1. The number of hydrogen-bond donors (Lipinski definition) is 2. The average molecular weight is 1810 g/mol. The summed E-state index contributed by atoms with van der Waals surface area (Å²) in [5.74, 6) is 1.17. The molecule has 10 rings (SSSR count). The van der Waals surface area contributed by atoms with Crippen molar-refractivity contribution < 1.29 is 23.1 Å². The number of nitrogens with two attached hydrogens (primary N) is 1. The molecule has 0 atom stereocenters. The number of ether oxygens (including phenoxy) is 1. The molecule has 0 aliphatic carbocycles. The van der Waals surface area contributed by atoms with Gasteiger partial charge in [-0.1, -0.05) is 228 Å². The van der Waals surface area contributed by atoms with Gasteiger partial charge in [-0.05, 0) is 178 Å². The van der Waals surface area contributed by atoms with Crippen LogP contribution in [0.15, 0.2) is 0 Å². The number of amides is 1. The Morgan fingerprint density at radius 2 is 0.579 bits per heavy atom. The average Bonchev–Trinajstić information content (AvgIpc) is 0.852. The fourth-order valence-electron chi connectivity index (χ4n) is 18.1. The van der Waals surface area contributed by atoms with Gasteiger partial charge in [0.2, 0.25) is 15.9 Å². The first-order valence-corrected chi connectivity index (χ1v) is 53.0. The summed E-state index contributed by atoms with van der Waals surface area (Å²) >= 11 is 0. The molecule has 0 aromatic carbocycles. The predicted octanol–water partition coefficient (Wildman–Crippen LogP) is 16.4. The Kier molecular flexibility index (Phi) is 57.5. The van der Waals surface area contributed by atoms with Gasteiger partial charge in [-0.2, -0.15) is 4.31 Å². The molecule has 0 unspecified atom stereocenters. The van der Waals surface area contributed by atoms with Crippen LogP contribution in [0.2, 0.25) is 0 Å². The number of likely N-dealkylation sites (tertiary alicyclic amines) is 4. The zero-order chi connectivity index (χ0) is 96.5. The van der Waals surface area contributed by atoms with Crippen molar-refractivity contribution in [2.75, 3.05) is 295 Å². The van der Waals surface area contributed by atoms with Gasteiger partial charge in [0.15, 0.2) is 0 Å². The topological polar surface area (TPSA) is 155 Å². The van der Waals surface area contributed by atoms with Crippen LogP contribution in [0.25, 0.3) is 0 Å². The van der Waals surface area contributed by atoms with E-state index in [2.05, 4.69) is 306 Å². The highest BCUT2D eigenvalue weighted by atomic mass is 32.2. The van der Waals surface area contributed by atoms with E-state index in [1.165, 1.54) is 221 Å². The molecule has 10 aliphatic rings. The molecule has 0 spiro atoms. The molecule has 754 valence electrons. The largest absolute Gasteiger partial charge is 0.393 e. The third-order valence-electron chi connectivity index (χ3n) is 23.9. The Balaban J connectivity index is 0.000000701. The van der Waals surface area contributed by atoms with Crippen molar-refractivity contribution >= 4 is 15.9 Å². The number of sulfonamides is 1. The summed E-state index contributed by atoms with van der Waals surface area (Å²) in [4.78, 5) is 45.7. The fraction of sp³-hybridized carbons (Fsp3) is 0.990. The third kappa shape index (κ3) is 70.4. The minimum atomic E-state index is -2.99. The van der Waals surface area contributed by atoms with Crippen LogP contribution in [0, 0.1) is 60.1 Å². The molecule has 0 aromatic heterocycles. The van der Waals surface area contributed by atoms with Gasteiger partial charge in [-0.15, -0.1) is 0 Å². The van der Waals surface area contributed by atoms with Gasteiger partial charge in [0.25, 0.3) is 0 Å². The van der Waals surface area contributed by atoms with Crippen LogP contribution >= 0.6 is 0 Å². The Morgan fingerprint density at radius 3 is 0.857 bits per heavy atom. The highest BCUT2D eigenvalue weighted by Gasteiger charge is 2.31. The second-order valence-electron chi connectivity index (χ2n) is 52.3. The zero-order valence-corrected chi connectivity index (χ0v) is 92.2. The molecule has 10 heterocycles. The summed E-state index contributed by atoms with van der Waals surface area (Å²) in [5, 5.41) is 9.30. The highest BCUT2D eigenvalue weighted by molar-refractivity contribution is 7.88. The summed E-state index contributed by atoms with van der Waals surface area (Å²) < 4.78 is 29.4. The number of nitrogens with zero attached hydrogens (tertiary/aromatic N) is 15. The molecule has 1 amide bonds. The van der Waals surface area contributed by atoms with Crippen LogP contribution in [0.3, 0.4) is 0 Å². The van der Waals surface area contributed by atoms with Crippen molar-refractivity contribution in [2.45, 2.75) is 318 Å². The summed E-state index contributed by atoms with van der Waals surface area (Å²) in [6.45, 7) is 128. The van der Waals surface area contributed by atoms with E-state index in [9.17, 15) is 18.3 Å². The van der Waals surface area contributed by atoms with Gasteiger partial charge < -0.3 is 69.5 Å². The number of rotatable bonds is 13. The molecular weight excluding hydrogens is 1590 g/mol. The zero-order valence-electron chi connectivity index (χ0n) is 91.4. The maximum Gasteiger partial charge on any atom is 0.219 e. The number of aliphatic hydroxyl groups excluding tert-OH is 1. The molecule has 126 heavy (non-hydrogen) atoms. The first kappa shape index (κ1) is 123. The Hall–Kier alpha value is -1.26. The van der Waals surface area contributed by atoms with Crippen molar-refractivity contribution in [3.8, 4) is 0 Å². The quantitative estimate of drug-likeness (QED) is 0.179. The number of piperidine rings is 4. The minimum absolute atomic E-state index is 0.0405. The first-order chi connectivity index (χ1) is 57.5. The number of carbonyl (C=O) groups excluding carboxylic acids is 1. The van der Waals surface area contributed by atoms with E-state index in [1.807, 2.05) is 4.90 Å². The lowest BCUT2D eigenvalue weighted by molar-refractivity contribution is -0.130. The second-order valence-corrected chi connectivity index (χ2v) is 54.3. The third-order valence-corrected chi connectivity index (χ3v) is 25.2. The van der Waals surface area contributed by atoms with Gasteiger partial charge in [-0.25, -0.2) is 8.42 Å². The molecule has 0 radical (unpaired) electrons. The standard InChI is InChI=1S/C12H26N2.C11H22N2O.C11H24N2.C11H23N.C10H22N2O2S.2C10H22N2.C10H21NO.C10H21N.C9H19NO/c1-11(2)14-8-6-13(7-9-14)10-12(3,4)5;1-10(14)13-7-5-12(6-8-13)9-11(2,3)4;1-5-12-6-8-13(9-7-12)10-11(2,3)4;1-10-5-7-12(8-6-10)9-11(2,3)4;1-10(2,3)9-11-5-7-12(8-6-11)15(4,13)14;1-10(2,3)9-12-7-5-11(4)6-8-12;1-10(2,3)8-12-6-4-9(11)5-7-12;1-10(2,3)8-11-6-4-9(12)5-7-11;1-10(2,3)9-11-7-5-4-6-8-11;1-9(2,3)8-10-4-6-11-7-5-10/h11H,6-10H2,1-5H3;5-9H2,1-4H3;5-10H2,1-4H3;10H,5-9H2,1-4H3;5-9H2,1-4H3;5-9H2,1-4H3;9H,4-8,11H2,1-3H3;9,12H,4-8H2,1-3H3;4-9H2,1-3H3;4-8H2,1-3H3. The smallest absolute Gasteiger partial charge is 0.219 e. The number of piperazine rings is 5. The van der Waals surface area contributed by atoms with Gasteiger partial charge in [0.05, 0.1) is 25.6 Å². The van der Waals surface area contributed by atoms with E-state index in [-0.39, 0.29) is 17.4 Å². The minimum Gasteiger partial charge on any atom is -0.393 e. The van der Waals surface area contributed by atoms with Crippen molar-refractivity contribution in [3.63, 3.8) is 0 Å². The maximum absolute atomic E-state index is 11.3. The molecule has 10 fully saturated rings. The van der Waals surface area contributed by atoms with Crippen molar-refractivity contribution in [2.24, 2.45) is 65.8 Å². The number of morpholine rings is 1. The lowest BCUT2D eigenvalue weighted by Gasteiger charge is -2.39. The van der Waals surface area contributed by atoms with Gasteiger partial charge in [0, 0.05) is 242 Å². The molecule has 22 heteroatoms. The van der Waals surface area contributed by atoms with Crippen LogP contribution in [0.4, 0.5) is 0 Å². The molecule has 10 aliphatic heterocycles. The van der Waals surface area contributed by atoms with E-state index in [4.69, 9.17) is 10.5 Å². The maximum atomic E-state index is 11.3. The lowest BCUT2D eigenvalue weighted by Crippen LogP contribution is -2.50. The van der Waals surface area contributed by atoms with Crippen molar-refractivity contribution in [1.82, 2.24) is 72.9 Å². The van der Waals surface area contributed by atoms with E-state index in [0.29, 0.717) is 73.9 Å². The van der Waals surface area contributed by atoms with Gasteiger partial charge in [-0.3, -0.25) is 19.5 Å². The summed E-state index contributed by atoms with van der Waals surface area (Å²) in [5.41, 5.74) is 10.0. The molecular formula is C104H222N16O5S. The van der Waals surface area contributed by atoms with Crippen LogP contribution in [-0.2, 0) is 19.6 Å². The summed E-state index contributed by atoms with van der Waals surface area (Å²) in [7, 11) is -0.784. The Morgan fingerprint density at radius 1 is 0.341 bits per heavy atom. The van der Waals surface area contributed by atoms with Gasteiger partial charge >= 0.3 is 0 Å². The second kappa shape index (κ2) is 59.0. The van der Waals surface area contributed by atoms with E-state index in [1.54, 1.807) is 11.2 Å². The Bertz CT molecular complexity index is 2630. The van der Waals surface area contributed by atoms with Crippen LogP contribution < -0.4 is 5.73 Å². The van der Waals surface area contributed by atoms with Gasteiger partial charge in [0.1, 0.15) is 0 Å². The monoisotopic (exact) mass is 1810 g/mol. The summed E-state index contributed by atoms with van der Waals surface area (Å²) in [6.07, 6.45) is 12.6. The molecule has 0 aromatic rings. The molecule has 0 bridgehead atoms. The van der Waals surface area contributed by atoms with E-state index in [0.717, 1.165) is 117 Å². The predicted molar refractivity (Wildman–Crippen MR) is 549 cm³/mol. The number of aliphatic hydroxyl groups is 1. The SMILES string of the molecule is CC(=O)N1CCN(CC(C)(C)C)CC1.CC(C)(C)CN1CCC(N)CC1.CC(C)(C)CN1CCC(O)CC1.CC(C)(C)CN1CCCCC1.CC(C)(C)CN1CCN(S(C)(=O)=O)CC1.CC(C)(C)CN1CCOCC1.CC(C)N1CCN(CC(C)(C)C)CC1.CC1CCN(CC(C)(C)C)CC1.CCN1CCN(CC(C)(C)C)CC1.CN1CCN(CC(C)(C)C)CC1. The highest BCUT2D eigenvalue weighted by Crippen LogP contribution is 2.27. The van der Waals surface area contributed by atoms with Crippen LogP contribution in [0.5, 0.6) is 0 Å². The molecule has 10 saturated heterocycles. The van der Waals surface area contributed by atoms with Crippen LogP contribution in [-0.4, -0.2) is 405 Å². The first-order valence-electron chi connectivity index (χ1n) is 51.1. The van der Waals surface area contributed by atoms with E-state index < -0.39 is 10.0 Å². The van der Waals surface area contributed by atoms with Crippen molar-refractivity contribution in [1.29, 1.82) is 0 Å². The molecule has 0 saturated carbocycles. The number of carbonyl (C=O) groups is 1. The molecule has 3 N–H and O–H groups in total. The van der Waals surface area contributed by atoms with Crippen molar-refractivity contribution in [3.05, 3.63) is 0 Å². The lowest BCUT2D eigenvalue weighted by atomic mass is 9.93. The Labute approximate surface area is 786 Å². The number of likely N-dealkylation sites (N-methyl/N-ethyl adjacent to an activating group) is 2. The van der Waals surface area contributed by atoms with E-state index >= 15 is 0 Å².